The third-order valence-corrected chi connectivity index (χ3v) is 6.24. The van der Waals surface area contributed by atoms with Gasteiger partial charge in [0.15, 0.2) is 0 Å². The Balaban J connectivity index is 1.39. The molecule has 5 nitrogen and oxygen atoms in total. The van der Waals surface area contributed by atoms with Crippen LogP contribution in [0.4, 0.5) is 4.79 Å². The molecule has 0 heterocycles. The highest BCUT2D eigenvalue weighted by Gasteiger charge is 2.29. The maximum atomic E-state index is 12.4. The lowest BCUT2D eigenvalue weighted by atomic mass is 9.98. The summed E-state index contributed by atoms with van der Waals surface area (Å²) in [4.78, 5) is 24.1. The summed E-state index contributed by atoms with van der Waals surface area (Å²) in [5.74, 6) is -1.23. The Labute approximate surface area is 195 Å². The smallest absolute Gasteiger partial charge is 0.407 e. The van der Waals surface area contributed by atoms with Gasteiger partial charge in [-0.15, -0.1) is 0 Å². The number of benzene rings is 3. The largest absolute Gasteiger partial charge is 0.480 e. The number of carbonyl (C=O) groups is 2. The lowest BCUT2D eigenvalue weighted by Crippen LogP contribution is -2.41. The van der Waals surface area contributed by atoms with E-state index < -0.39 is 18.1 Å². The summed E-state index contributed by atoms with van der Waals surface area (Å²) in [6.07, 6.45) is -0.223. The highest BCUT2D eigenvalue weighted by atomic mass is 35.5. The fraction of sp³-hybridized carbons (Fsp3) is 0.200. The molecule has 0 bridgehead atoms. The van der Waals surface area contributed by atoms with E-state index in [0.29, 0.717) is 16.5 Å². The van der Waals surface area contributed by atoms with Crippen LogP contribution in [0.5, 0.6) is 0 Å². The average Bonchev–Trinajstić information content (AvgIpc) is 3.10. The van der Waals surface area contributed by atoms with E-state index in [4.69, 9.17) is 27.9 Å². The van der Waals surface area contributed by atoms with E-state index in [-0.39, 0.29) is 18.9 Å². The van der Waals surface area contributed by atoms with Crippen molar-refractivity contribution in [1.82, 2.24) is 5.32 Å². The second-order valence-electron chi connectivity index (χ2n) is 7.64. The van der Waals surface area contributed by atoms with Gasteiger partial charge < -0.3 is 15.2 Å². The normalized spacial score (nSPS) is 13.2. The molecule has 1 aliphatic carbocycles. The minimum absolute atomic E-state index is 0.0932. The molecular weight excluding hydrogens is 449 g/mol. The quantitative estimate of drug-likeness (QED) is 0.450. The molecule has 0 aliphatic heterocycles. The maximum Gasteiger partial charge on any atom is 0.407 e. The molecule has 3 aromatic rings. The standard InChI is InChI=1S/C25H21Cl2NO4/c26-16-11-9-15(22(27)13-16)10-12-23(24(29)30)28-25(31)32-14-21-19-7-3-1-5-17(19)18-6-2-4-8-20(18)21/h1-9,11,13,21,23H,10,12,14H2,(H,28,31)(H,29,30)/t23-/m0/s1. The van der Waals surface area contributed by atoms with Gasteiger partial charge in [0.1, 0.15) is 12.6 Å². The molecule has 0 unspecified atom stereocenters. The van der Waals surface area contributed by atoms with Crippen LogP contribution < -0.4 is 5.32 Å². The molecule has 1 amide bonds. The molecule has 0 fully saturated rings. The van der Waals surface area contributed by atoms with Crippen LogP contribution in [0.2, 0.25) is 10.0 Å². The molecule has 4 rings (SSSR count). The predicted octanol–water partition coefficient (Wildman–Crippen LogP) is 5.92. The van der Waals surface area contributed by atoms with E-state index >= 15 is 0 Å². The SMILES string of the molecule is O=C(N[C@@H](CCc1ccc(Cl)cc1Cl)C(=O)O)OCC1c2ccccc2-c2ccccc21. The van der Waals surface area contributed by atoms with Crippen molar-refractivity contribution in [3.8, 4) is 11.1 Å². The van der Waals surface area contributed by atoms with Crippen molar-refractivity contribution < 1.29 is 19.4 Å². The molecule has 2 N–H and O–H groups in total. The third-order valence-electron chi connectivity index (χ3n) is 5.65. The first-order valence-corrected chi connectivity index (χ1v) is 11.0. The van der Waals surface area contributed by atoms with Gasteiger partial charge in [0.2, 0.25) is 0 Å². The number of amides is 1. The topological polar surface area (TPSA) is 75.6 Å². The average molecular weight is 470 g/mol. The molecule has 0 radical (unpaired) electrons. The molecule has 32 heavy (non-hydrogen) atoms. The van der Waals surface area contributed by atoms with Gasteiger partial charge in [-0.1, -0.05) is 77.8 Å². The van der Waals surface area contributed by atoms with Crippen molar-refractivity contribution in [2.24, 2.45) is 0 Å². The summed E-state index contributed by atoms with van der Waals surface area (Å²) in [5, 5.41) is 13.0. The highest BCUT2D eigenvalue weighted by Crippen LogP contribution is 2.44. The summed E-state index contributed by atoms with van der Waals surface area (Å²) < 4.78 is 5.45. The molecule has 164 valence electrons. The van der Waals surface area contributed by atoms with Gasteiger partial charge >= 0.3 is 12.1 Å². The first-order valence-electron chi connectivity index (χ1n) is 10.2. The number of carboxylic acid groups (broad SMARTS) is 1. The Hall–Kier alpha value is -3.02. The number of carboxylic acids is 1. The number of carbonyl (C=O) groups excluding carboxylic acids is 1. The number of hydrogen-bond donors (Lipinski definition) is 2. The number of alkyl carbamates (subject to hydrolysis) is 1. The second-order valence-corrected chi connectivity index (χ2v) is 8.48. The van der Waals surface area contributed by atoms with Gasteiger partial charge in [-0.2, -0.15) is 0 Å². The number of halogens is 2. The van der Waals surface area contributed by atoms with Crippen molar-refractivity contribution in [3.05, 3.63) is 93.5 Å². The number of hydrogen-bond acceptors (Lipinski definition) is 3. The predicted molar refractivity (Wildman–Crippen MR) is 124 cm³/mol. The third kappa shape index (κ3) is 4.74. The Morgan fingerprint density at radius 2 is 1.59 bits per heavy atom. The fourth-order valence-corrected chi connectivity index (χ4v) is 4.57. The van der Waals surface area contributed by atoms with Crippen LogP contribution in [0.1, 0.15) is 29.0 Å². The van der Waals surface area contributed by atoms with Crippen LogP contribution in [-0.2, 0) is 16.0 Å². The van der Waals surface area contributed by atoms with E-state index in [0.717, 1.165) is 27.8 Å². The van der Waals surface area contributed by atoms with Crippen LogP contribution >= 0.6 is 23.2 Å². The summed E-state index contributed by atoms with van der Waals surface area (Å²) in [6.45, 7) is 0.120. The van der Waals surface area contributed by atoms with E-state index in [9.17, 15) is 14.7 Å². The van der Waals surface area contributed by atoms with Crippen LogP contribution in [0, 0.1) is 0 Å². The van der Waals surface area contributed by atoms with E-state index in [1.807, 2.05) is 36.4 Å². The molecule has 0 spiro atoms. The Morgan fingerprint density at radius 3 is 2.19 bits per heavy atom. The van der Waals surface area contributed by atoms with E-state index in [1.165, 1.54) is 0 Å². The molecule has 1 aliphatic rings. The lowest BCUT2D eigenvalue weighted by Gasteiger charge is -2.17. The number of nitrogens with one attached hydrogen (secondary N) is 1. The number of rotatable bonds is 7. The van der Waals surface area contributed by atoms with E-state index in [2.05, 4.69) is 17.4 Å². The zero-order chi connectivity index (χ0) is 22.7. The molecule has 1 atom stereocenters. The lowest BCUT2D eigenvalue weighted by molar-refractivity contribution is -0.139. The summed E-state index contributed by atoms with van der Waals surface area (Å²) in [7, 11) is 0. The molecule has 0 saturated heterocycles. The summed E-state index contributed by atoms with van der Waals surface area (Å²) in [6, 6.07) is 20.0. The zero-order valence-electron chi connectivity index (χ0n) is 17.1. The zero-order valence-corrected chi connectivity index (χ0v) is 18.6. The van der Waals surface area contributed by atoms with Gasteiger partial charge in [0.05, 0.1) is 0 Å². The fourth-order valence-electron chi connectivity index (χ4n) is 4.06. The van der Waals surface area contributed by atoms with Crippen LogP contribution in [-0.4, -0.2) is 29.8 Å². The van der Waals surface area contributed by atoms with Crippen molar-refractivity contribution >= 4 is 35.3 Å². The molecule has 7 heteroatoms. The Kier molecular flexibility index (Phi) is 6.68. The van der Waals surface area contributed by atoms with Crippen molar-refractivity contribution in [1.29, 1.82) is 0 Å². The molecular formula is C25H21Cl2NO4. The Morgan fingerprint density at radius 1 is 0.969 bits per heavy atom. The second kappa shape index (κ2) is 9.63. The minimum atomic E-state index is -1.14. The number of fused-ring (bicyclic) bond motifs is 3. The van der Waals surface area contributed by atoms with Crippen molar-refractivity contribution in [2.45, 2.75) is 24.8 Å². The molecule has 0 aromatic heterocycles. The maximum absolute atomic E-state index is 12.4. The first-order chi connectivity index (χ1) is 15.4. The first kappa shape index (κ1) is 22.2. The number of aliphatic carboxylic acids is 1. The Bertz CT molecular complexity index is 1120. The number of ether oxygens (including phenoxy) is 1. The van der Waals surface area contributed by atoms with Crippen LogP contribution in [0.25, 0.3) is 11.1 Å². The van der Waals surface area contributed by atoms with Gasteiger partial charge in [0.25, 0.3) is 0 Å². The molecule has 0 saturated carbocycles. The van der Waals surface area contributed by atoms with Gasteiger partial charge in [0, 0.05) is 16.0 Å². The highest BCUT2D eigenvalue weighted by molar-refractivity contribution is 6.35. The minimum Gasteiger partial charge on any atom is -0.480 e. The number of aryl methyl sites for hydroxylation is 1. The monoisotopic (exact) mass is 469 g/mol. The summed E-state index contributed by atoms with van der Waals surface area (Å²) >= 11 is 12.1. The van der Waals surface area contributed by atoms with Crippen LogP contribution in [0.15, 0.2) is 66.7 Å². The van der Waals surface area contributed by atoms with E-state index in [1.54, 1.807) is 18.2 Å². The molecule has 3 aromatic carbocycles. The van der Waals surface area contributed by atoms with Gasteiger partial charge in [-0.05, 0) is 52.8 Å². The summed E-state index contributed by atoms with van der Waals surface area (Å²) in [5.41, 5.74) is 5.19. The van der Waals surface area contributed by atoms with Crippen molar-refractivity contribution in [3.63, 3.8) is 0 Å². The van der Waals surface area contributed by atoms with Gasteiger partial charge in [-0.3, -0.25) is 0 Å². The van der Waals surface area contributed by atoms with Crippen molar-refractivity contribution in [2.75, 3.05) is 6.61 Å². The van der Waals surface area contributed by atoms with Gasteiger partial charge in [-0.25, -0.2) is 9.59 Å². The van der Waals surface area contributed by atoms with Crippen LogP contribution in [0.3, 0.4) is 0 Å².